The molecule has 0 aromatic carbocycles. The van der Waals surface area contributed by atoms with Crippen molar-refractivity contribution in [1.82, 2.24) is 0 Å². The van der Waals surface area contributed by atoms with Gasteiger partial charge < -0.3 is 0 Å². The van der Waals surface area contributed by atoms with Crippen molar-refractivity contribution in [3.05, 3.63) is 30.6 Å². The quantitative estimate of drug-likeness (QED) is 0.657. The van der Waals surface area contributed by atoms with Crippen LogP contribution in [0.25, 0.3) is 0 Å². The molecule has 0 aliphatic rings. The van der Waals surface area contributed by atoms with Crippen molar-refractivity contribution in [3.63, 3.8) is 0 Å². The monoisotopic (exact) mass is 381 g/mol. The van der Waals surface area contributed by atoms with Crippen LogP contribution in [0.5, 0.6) is 0 Å². The van der Waals surface area contributed by atoms with Gasteiger partial charge in [0.1, 0.15) is 0 Å². The van der Waals surface area contributed by atoms with E-state index in [9.17, 15) is 0 Å². The number of hydrogen-bond acceptors (Lipinski definition) is 0. The predicted molar refractivity (Wildman–Crippen MR) is 39.6 cm³/mol. The van der Waals surface area contributed by atoms with E-state index in [0.717, 1.165) is 0 Å². The van der Waals surface area contributed by atoms with Gasteiger partial charge in [-0.3, -0.25) is 0 Å². The molecule has 0 atom stereocenters. The van der Waals surface area contributed by atoms with Gasteiger partial charge in [0.2, 0.25) is 0 Å². The van der Waals surface area contributed by atoms with Crippen molar-refractivity contribution >= 4 is 27.6 Å². The second kappa shape index (κ2) is 3.44. The Balaban J connectivity index is 2.97. The van der Waals surface area contributed by atoms with Crippen LogP contribution in [0.4, 0.5) is 0 Å². The molecule has 61 valence electrons. The fourth-order valence-electron chi connectivity index (χ4n) is 0.466. The summed E-state index contributed by atoms with van der Waals surface area (Å²) in [5.41, 5.74) is 0. The molecule has 0 amide bonds. The molecule has 0 radical (unpaired) electrons. The van der Waals surface area contributed by atoms with E-state index in [1.807, 2.05) is 18.2 Å². The third-order valence-electron chi connectivity index (χ3n) is 0.833. The Morgan fingerprint density at radius 3 is 1.70 bits per heavy atom. The number of halogens is 3. The third kappa shape index (κ3) is 2.42. The molecule has 1 rings (SSSR count). The van der Waals surface area contributed by atoms with Crippen molar-refractivity contribution in [2.24, 2.45) is 0 Å². The average Bonchev–Trinajstić information content (AvgIpc) is 1.88. The van der Waals surface area contributed by atoms with Gasteiger partial charge in [-0.1, -0.05) is 0 Å². The third-order valence-corrected chi connectivity index (χ3v) is 5.64. The summed E-state index contributed by atoms with van der Waals surface area (Å²) in [6.07, 6.45) is 3.53. The van der Waals surface area contributed by atoms with E-state index in [0.29, 0.717) is 0 Å². The average molecular weight is 382 g/mol. The summed E-state index contributed by atoms with van der Waals surface area (Å²) in [5, 5.41) is 0. The Bertz CT molecular complexity index is 208. The Kier molecular flexibility index (Phi) is 3.04. The van der Waals surface area contributed by atoms with E-state index in [1.54, 1.807) is 15.4 Å². The van der Waals surface area contributed by atoms with E-state index >= 15 is 0 Å². The molecule has 1 aromatic heterocycles. The maximum absolute atomic E-state index is 5.73. The van der Waals surface area contributed by atoms with Gasteiger partial charge in [0, 0.05) is 0 Å². The van der Waals surface area contributed by atoms with Crippen LogP contribution in [0.1, 0.15) is 0 Å². The summed E-state index contributed by atoms with van der Waals surface area (Å²) in [7, 11) is 17.2. The molecule has 1 aromatic rings. The minimum absolute atomic E-state index is 1.66. The predicted octanol–water partition coefficient (Wildman–Crippen LogP) is 2.35. The molecule has 0 fully saturated rings. The van der Waals surface area contributed by atoms with Crippen LogP contribution in [0.15, 0.2) is 30.6 Å². The molecule has 10 heavy (non-hydrogen) atoms. The Morgan fingerprint density at radius 2 is 1.40 bits per heavy atom. The standard InChI is InChI=1S/C5H5N.Au.3ClH/c1-2-4-6-5-3-1;;;;/h1-5H;;3*1H/q;+4;;;/p-3. The van der Waals surface area contributed by atoms with E-state index in [2.05, 4.69) is 0 Å². The number of aromatic nitrogens is 1. The first-order valence-corrected chi connectivity index (χ1v) is 11.3. The molecule has 0 aliphatic carbocycles. The minimum atomic E-state index is -3.03. The van der Waals surface area contributed by atoms with Crippen molar-refractivity contribution in [2.45, 2.75) is 0 Å². The Hall–Kier alpha value is 0.760. The fraction of sp³-hybridized carbons (Fsp3) is 0. The van der Waals surface area contributed by atoms with Gasteiger partial charge in [-0.05, 0) is 0 Å². The van der Waals surface area contributed by atoms with Crippen LogP contribution in [0, 0.1) is 0 Å². The normalized spacial score (nSPS) is 13.1. The van der Waals surface area contributed by atoms with Crippen molar-refractivity contribution in [2.75, 3.05) is 0 Å². The van der Waals surface area contributed by atoms with Gasteiger partial charge in [0.15, 0.2) is 0 Å². The summed E-state index contributed by atoms with van der Waals surface area (Å²) in [5.74, 6) is 0. The van der Waals surface area contributed by atoms with Crippen LogP contribution in [-0.2, 0) is 14.1 Å². The van der Waals surface area contributed by atoms with Gasteiger partial charge >= 0.3 is 75.3 Å². The maximum atomic E-state index is 5.73. The zero-order chi connectivity index (χ0) is 7.61. The molecule has 0 bridgehead atoms. The Labute approximate surface area is 74.8 Å². The zero-order valence-corrected chi connectivity index (χ0v) is 9.20. The van der Waals surface area contributed by atoms with Gasteiger partial charge in [-0.25, -0.2) is 0 Å². The summed E-state index contributed by atoms with van der Waals surface area (Å²) in [6.45, 7) is 0. The molecular formula is C5H5AuCl3N+. The van der Waals surface area contributed by atoms with E-state index < -0.39 is 14.1 Å². The van der Waals surface area contributed by atoms with Crippen molar-refractivity contribution < 1.29 is 17.1 Å². The SMILES string of the molecule is [Cl][Au]([Cl])([Cl])[n+]1ccccc1. The van der Waals surface area contributed by atoms with Gasteiger partial charge in [0.25, 0.3) is 0 Å². The first-order chi connectivity index (χ1) is 4.61. The molecule has 1 heterocycles. The molecule has 0 saturated heterocycles. The van der Waals surface area contributed by atoms with Gasteiger partial charge in [-0.2, -0.15) is 0 Å². The van der Waals surface area contributed by atoms with Crippen molar-refractivity contribution in [3.8, 4) is 0 Å². The van der Waals surface area contributed by atoms with Crippen LogP contribution >= 0.6 is 27.6 Å². The zero-order valence-electron chi connectivity index (χ0n) is 4.77. The number of nitrogens with zero attached hydrogens (tertiary/aromatic N) is 1. The summed E-state index contributed by atoms with van der Waals surface area (Å²) in [4.78, 5) is 0. The molecule has 0 aliphatic heterocycles. The van der Waals surface area contributed by atoms with Crippen molar-refractivity contribution in [1.29, 1.82) is 0 Å². The first-order valence-electron chi connectivity index (χ1n) is 2.33. The second-order valence-corrected chi connectivity index (χ2v) is 15.6. The molecule has 1 nitrogen and oxygen atoms in total. The van der Waals surface area contributed by atoms with Crippen LogP contribution in [0.2, 0.25) is 0 Å². The molecule has 0 N–H and O–H groups in total. The van der Waals surface area contributed by atoms with Crippen LogP contribution in [-0.4, -0.2) is 0 Å². The fourth-order valence-corrected chi connectivity index (χ4v) is 3.24. The first kappa shape index (κ1) is 8.85. The summed E-state index contributed by atoms with van der Waals surface area (Å²) < 4.78 is 1.66. The summed E-state index contributed by atoms with van der Waals surface area (Å²) >= 11 is -3.03. The summed E-state index contributed by atoms with van der Waals surface area (Å²) in [6, 6.07) is 5.56. The molecule has 0 unspecified atom stereocenters. The number of pyridine rings is 1. The van der Waals surface area contributed by atoms with E-state index in [4.69, 9.17) is 27.6 Å². The molecule has 5 heteroatoms. The number of hydrogen-bond donors (Lipinski definition) is 0. The Morgan fingerprint density at radius 1 is 0.900 bits per heavy atom. The van der Waals surface area contributed by atoms with Gasteiger partial charge in [0.05, 0.1) is 0 Å². The molecule has 0 saturated carbocycles. The van der Waals surface area contributed by atoms with Gasteiger partial charge in [-0.15, -0.1) is 0 Å². The topological polar surface area (TPSA) is 3.88 Å². The molecule has 0 spiro atoms. The number of rotatable bonds is 1. The van der Waals surface area contributed by atoms with E-state index in [-0.39, 0.29) is 0 Å². The van der Waals surface area contributed by atoms with E-state index in [1.165, 1.54) is 0 Å². The van der Waals surface area contributed by atoms with Crippen LogP contribution < -0.4 is 2.97 Å². The molecular weight excluding hydrogens is 377 g/mol. The van der Waals surface area contributed by atoms with Crippen LogP contribution in [0.3, 0.4) is 0 Å². The second-order valence-electron chi connectivity index (χ2n) is 1.46.